The number of nitrogens with one attached hydrogen (secondary N) is 1. The third-order valence-corrected chi connectivity index (χ3v) is 3.77. The second kappa shape index (κ2) is 4.84. The Morgan fingerprint density at radius 1 is 1.33 bits per heavy atom. The van der Waals surface area contributed by atoms with Crippen LogP contribution in [0.25, 0.3) is 0 Å². The van der Waals surface area contributed by atoms with Crippen molar-refractivity contribution in [3.05, 3.63) is 29.8 Å². The summed E-state index contributed by atoms with van der Waals surface area (Å²) in [6.07, 6.45) is 1.21. The van der Waals surface area contributed by atoms with Crippen LogP contribution < -0.4 is 5.32 Å². The zero-order valence-corrected chi connectivity index (χ0v) is 9.12. The van der Waals surface area contributed by atoms with Gasteiger partial charge in [0.25, 0.3) is 0 Å². The van der Waals surface area contributed by atoms with Crippen molar-refractivity contribution in [2.75, 3.05) is 23.4 Å². The maximum Gasteiger partial charge on any atom is 0.160 e. The van der Waals surface area contributed by atoms with Gasteiger partial charge in [-0.25, -0.2) is 8.78 Å². The summed E-state index contributed by atoms with van der Waals surface area (Å²) in [6, 6.07) is 3.93. The molecular weight excluding hydrogens is 216 g/mol. The highest BCUT2D eigenvalue weighted by Gasteiger charge is 2.14. The number of rotatable bonds is 3. The van der Waals surface area contributed by atoms with Gasteiger partial charge in [0.1, 0.15) is 0 Å². The van der Waals surface area contributed by atoms with E-state index in [1.807, 2.05) is 11.8 Å². The largest absolute Gasteiger partial charge is 0.385 e. The van der Waals surface area contributed by atoms with Gasteiger partial charge in [-0.05, 0) is 42.0 Å². The van der Waals surface area contributed by atoms with E-state index in [2.05, 4.69) is 5.32 Å². The fraction of sp³-hybridized carbons (Fsp3) is 0.455. The molecule has 1 nitrogen and oxygen atoms in total. The van der Waals surface area contributed by atoms with Crippen molar-refractivity contribution in [1.29, 1.82) is 0 Å². The van der Waals surface area contributed by atoms with Gasteiger partial charge in [-0.3, -0.25) is 0 Å². The van der Waals surface area contributed by atoms with Crippen molar-refractivity contribution in [2.24, 2.45) is 5.92 Å². The average molecular weight is 229 g/mol. The average Bonchev–Trinajstić information content (AvgIpc) is 2.73. The fourth-order valence-corrected chi connectivity index (χ4v) is 2.90. The first-order valence-corrected chi connectivity index (χ1v) is 6.18. The zero-order chi connectivity index (χ0) is 10.7. The summed E-state index contributed by atoms with van der Waals surface area (Å²) in [5.74, 6) is 1.45. The van der Waals surface area contributed by atoms with Gasteiger partial charge < -0.3 is 5.32 Å². The highest BCUT2D eigenvalue weighted by molar-refractivity contribution is 7.99. The maximum absolute atomic E-state index is 12.9. The van der Waals surface area contributed by atoms with Crippen LogP contribution in [0.2, 0.25) is 0 Å². The lowest BCUT2D eigenvalue weighted by Crippen LogP contribution is -2.13. The van der Waals surface area contributed by atoms with Crippen molar-refractivity contribution in [1.82, 2.24) is 0 Å². The van der Waals surface area contributed by atoms with Gasteiger partial charge in [0.2, 0.25) is 0 Å². The molecule has 1 N–H and O–H groups in total. The van der Waals surface area contributed by atoms with Crippen molar-refractivity contribution in [2.45, 2.75) is 6.42 Å². The van der Waals surface area contributed by atoms with E-state index in [-0.39, 0.29) is 0 Å². The summed E-state index contributed by atoms with van der Waals surface area (Å²) < 4.78 is 25.5. The van der Waals surface area contributed by atoms with Gasteiger partial charge in [0.15, 0.2) is 11.6 Å². The monoisotopic (exact) mass is 229 g/mol. The van der Waals surface area contributed by atoms with Crippen LogP contribution >= 0.6 is 11.8 Å². The van der Waals surface area contributed by atoms with E-state index in [0.29, 0.717) is 11.6 Å². The van der Waals surface area contributed by atoms with E-state index in [4.69, 9.17) is 0 Å². The minimum atomic E-state index is -0.794. The highest BCUT2D eigenvalue weighted by atomic mass is 32.2. The lowest BCUT2D eigenvalue weighted by atomic mass is 10.1. The van der Waals surface area contributed by atoms with E-state index in [1.165, 1.54) is 18.2 Å². The molecule has 1 aromatic carbocycles. The van der Waals surface area contributed by atoms with Gasteiger partial charge in [-0.15, -0.1) is 0 Å². The summed E-state index contributed by atoms with van der Waals surface area (Å²) in [4.78, 5) is 0. The van der Waals surface area contributed by atoms with Crippen LogP contribution in [0.3, 0.4) is 0 Å². The fourth-order valence-electron chi connectivity index (χ4n) is 1.61. The van der Waals surface area contributed by atoms with E-state index >= 15 is 0 Å². The summed E-state index contributed by atoms with van der Waals surface area (Å²) in [7, 11) is 0. The number of anilines is 1. The molecule has 15 heavy (non-hydrogen) atoms. The van der Waals surface area contributed by atoms with Crippen molar-refractivity contribution in [3.63, 3.8) is 0 Å². The summed E-state index contributed by atoms with van der Waals surface area (Å²) >= 11 is 1.95. The third-order valence-electron chi connectivity index (χ3n) is 2.54. The molecule has 1 aliphatic rings. The van der Waals surface area contributed by atoms with Crippen LogP contribution in [-0.4, -0.2) is 18.1 Å². The molecule has 2 rings (SSSR count). The molecule has 0 aromatic heterocycles. The summed E-state index contributed by atoms with van der Waals surface area (Å²) in [5, 5.41) is 3.13. The highest BCUT2D eigenvalue weighted by Crippen LogP contribution is 2.24. The predicted octanol–water partition coefficient (Wildman–Crippen LogP) is 3.13. The van der Waals surface area contributed by atoms with E-state index in [0.717, 1.165) is 18.4 Å². The Hall–Kier alpha value is -0.770. The van der Waals surface area contributed by atoms with Gasteiger partial charge >= 0.3 is 0 Å². The predicted molar refractivity (Wildman–Crippen MR) is 60.3 cm³/mol. The van der Waals surface area contributed by atoms with E-state index < -0.39 is 11.6 Å². The third kappa shape index (κ3) is 2.84. The van der Waals surface area contributed by atoms with Crippen LogP contribution in [0.15, 0.2) is 18.2 Å². The molecule has 1 fully saturated rings. The van der Waals surface area contributed by atoms with Crippen molar-refractivity contribution >= 4 is 17.4 Å². The molecule has 1 aromatic rings. The zero-order valence-electron chi connectivity index (χ0n) is 8.30. The topological polar surface area (TPSA) is 12.0 Å². The molecule has 82 valence electrons. The molecule has 1 heterocycles. The lowest BCUT2D eigenvalue weighted by molar-refractivity contribution is 0.509. The molecule has 1 atom stereocenters. The Balaban J connectivity index is 1.90. The Labute approximate surface area is 92.3 Å². The van der Waals surface area contributed by atoms with E-state index in [9.17, 15) is 8.78 Å². The minimum Gasteiger partial charge on any atom is -0.385 e. The van der Waals surface area contributed by atoms with Crippen LogP contribution in [0, 0.1) is 17.6 Å². The first-order valence-electron chi connectivity index (χ1n) is 5.02. The standard InChI is InChI=1S/C11H13F2NS/c12-10-2-1-9(5-11(10)13)14-6-8-3-4-15-7-8/h1-2,5,8,14H,3-4,6-7H2. The number of hydrogen-bond donors (Lipinski definition) is 1. The number of hydrogen-bond acceptors (Lipinski definition) is 2. The second-order valence-electron chi connectivity index (χ2n) is 3.74. The van der Waals surface area contributed by atoms with Crippen molar-refractivity contribution < 1.29 is 8.78 Å². The molecular formula is C11H13F2NS. The number of halogens is 2. The molecule has 0 spiro atoms. The molecule has 1 saturated heterocycles. The van der Waals surface area contributed by atoms with Gasteiger partial charge in [0.05, 0.1) is 0 Å². The second-order valence-corrected chi connectivity index (χ2v) is 4.89. The normalized spacial score (nSPS) is 20.5. The maximum atomic E-state index is 12.9. The Morgan fingerprint density at radius 2 is 2.20 bits per heavy atom. The van der Waals surface area contributed by atoms with Gasteiger partial charge in [0, 0.05) is 12.2 Å². The number of thioether (sulfide) groups is 1. The molecule has 1 aliphatic heterocycles. The molecule has 0 amide bonds. The first-order chi connectivity index (χ1) is 7.25. The first kappa shape index (κ1) is 10.7. The minimum absolute atomic E-state index is 0.656. The van der Waals surface area contributed by atoms with Crippen LogP contribution in [-0.2, 0) is 0 Å². The molecule has 0 bridgehead atoms. The summed E-state index contributed by atoms with van der Waals surface area (Å²) in [6.45, 7) is 0.845. The molecule has 1 unspecified atom stereocenters. The van der Waals surface area contributed by atoms with Crippen molar-refractivity contribution in [3.8, 4) is 0 Å². The molecule has 4 heteroatoms. The van der Waals surface area contributed by atoms with E-state index in [1.54, 1.807) is 6.07 Å². The Kier molecular flexibility index (Phi) is 3.46. The molecule has 0 saturated carbocycles. The SMILES string of the molecule is Fc1ccc(NCC2CCSC2)cc1F. The van der Waals surface area contributed by atoms with Gasteiger partial charge in [-0.2, -0.15) is 11.8 Å². The van der Waals surface area contributed by atoms with Crippen LogP contribution in [0.4, 0.5) is 14.5 Å². The van der Waals surface area contributed by atoms with Crippen LogP contribution in [0.5, 0.6) is 0 Å². The van der Waals surface area contributed by atoms with Gasteiger partial charge in [-0.1, -0.05) is 0 Å². The Morgan fingerprint density at radius 3 is 2.87 bits per heavy atom. The quantitative estimate of drug-likeness (QED) is 0.854. The summed E-state index contributed by atoms with van der Waals surface area (Å²) in [5.41, 5.74) is 0.658. The number of benzene rings is 1. The molecule has 0 radical (unpaired) electrons. The lowest BCUT2D eigenvalue weighted by Gasteiger charge is -2.11. The Bertz CT molecular complexity index is 337. The smallest absolute Gasteiger partial charge is 0.160 e. The van der Waals surface area contributed by atoms with Crippen LogP contribution in [0.1, 0.15) is 6.42 Å². The molecule has 0 aliphatic carbocycles.